The van der Waals surface area contributed by atoms with Gasteiger partial charge in [-0.25, -0.2) is 0 Å². The van der Waals surface area contributed by atoms with Gasteiger partial charge in [-0.05, 0) is 46.3 Å². The van der Waals surface area contributed by atoms with Gasteiger partial charge < -0.3 is 14.4 Å². The molecule has 0 aliphatic heterocycles. The van der Waals surface area contributed by atoms with Crippen LogP contribution in [0.2, 0.25) is 19.6 Å². The van der Waals surface area contributed by atoms with Crippen molar-refractivity contribution in [3.05, 3.63) is 164 Å². The van der Waals surface area contributed by atoms with Crippen molar-refractivity contribution in [2.75, 3.05) is 0 Å². The van der Waals surface area contributed by atoms with Gasteiger partial charge in [0.2, 0.25) is 0 Å². The molecule has 1 radical (unpaired) electrons. The first-order valence-electron chi connectivity index (χ1n) is 16.2. The third-order valence-electron chi connectivity index (χ3n) is 8.57. The van der Waals surface area contributed by atoms with E-state index >= 15 is 0 Å². The van der Waals surface area contributed by atoms with E-state index in [2.05, 4.69) is 134 Å². The molecule has 5 aromatic carbocycles. The Kier molecular flexibility index (Phi) is 10.2. The molecular weight excluding hydrogens is 793 g/mol. The Labute approximate surface area is 303 Å². The summed E-state index contributed by atoms with van der Waals surface area (Å²) in [6, 6.07) is 51.9. The number of rotatable bonds is 5. The minimum atomic E-state index is -1.27. The van der Waals surface area contributed by atoms with Crippen molar-refractivity contribution in [1.29, 1.82) is 0 Å². The second kappa shape index (κ2) is 14.7. The molecule has 243 valence electrons. The molecule has 8 rings (SSSR count). The number of hydrogen-bond acceptors (Lipinski definition) is 3. The maximum Gasteiger partial charge on any atom is 0.128 e. The maximum atomic E-state index is 6.50. The quantitative estimate of drug-likeness (QED) is 0.128. The average molecular weight is 829 g/mol. The number of fused-ring (bicyclic) bond motifs is 3. The molecule has 0 amide bonds. The number of furan rings is 1. The van der Waals surface area contributed by atoms with Crippen LogP contribution < -0.4 is 5.19 Å². The number of aromatic nitrogens is 2. The Bertz CT molecular complexity index is 2330. The summed E-state index contributed by atoms with van der Waals surface area (Å²) in [6.07, 6.45) is 3.90. The Morgan fingerprint density at radius 2 is 1.31 bits per heavy atom. The van der Waals surface area contributed by atoms with Gasteiger partial charge in [0, 0.05) is 43.4 Å². The largest absolute Gasteiger partial charge is 0.500 e. The average Bonchev–Trinajstić information content (AvgIpc) is 3.52. The van der Waals surface area contributed by atoms with Gasteiger partial charge in [0.05, 0.1) is 13.7 Å². The van der Waals surface area contributed by atoms with Gasteiger partial charge >= 0.3 is 0 Å². The molecule has 0 aliphatic carbocycles. The second-order valence-corrected chi connectivity index (χ2v) is 18.0. The van der Waals surface area contributed by atoms with E-state index < -0.39 is 8.07 Å². The fourth-order valence-corrected chi connectivity index (χ4v) is 7.92. The van der Waals surface area contributed by atoms with Crippen molar-refractivity contribution >= 4 is 35.2 Å². The van der Waals surface area contributed by atoms with Crippen molar-refractivity contribution in [2.45, 2.75) is 26.6 Å². The van der Waals surface area contributed by atoms with E-state index in [1.54, 1.807) is 0 Å². The molecule has 0 saturated carbocycles. The smallest absolute Gasteiger partial charge is 0.128 e. The van der Waals surface area contributed by atoms with Gasteiger partial charge in [-0.2, -0.15) is 0 Å². The SMILES string of the molecule is Cc1cc(-c2[c-]cccc2)ncc1[Si](C)(C)C.[Ir].[c-]1ccc2c(oc3c(-c4ccccc4)cccc32)c1-c1cc(-c2ccccc2)ccn1. The molecule has 8 aromatic rings. The van der Waals surface area contributed by atoms with Gasteiger partial charge in [0.15, 0.2) is 0 Å². The molecule has 5 heteroatoms. The molecule has 0 fully saturated rings. The van der Waals surface area contributed by atoms with Crippen LogP contribution in [0.1, 0.15) is 5.56 Å². The number of nitrogens with zero attached hydrogens (tertiary/aromatic N) is 2. The van der Waals surface area contributed by atoms with Crippen LogP contribution >= 0.6 is 0 Å². The number of aryl methyl sites for hydroxylation is 1. The predicted molar refractivity (Wildman–Crippen MR) is 203 cm³/mol. The monoisotopic (exact) mass is 829 g/mol. The molecule has 0 spiro atoms. The summed E-state index contributed by atoms with van der Waals surface area (Å²) in [5, 5.41) is 3.62. The van der Waals surface area contributed by atoms with Gasteiger partial charge in [0.25, 0.3) is 0 Å². The first kappa shape index (κ1) is 33.9. The fourth-order valence-electron chi connectivity index (χ4n) is 6.22. The molecule has 0 atom stereocenters. The summed E-state index contributed by atoms with van der Waals surface area (Å²) in [4.78, 5) is 9.22. The summed E-state index contributed by atoms with van der Waals surface area (Å²) in [7, 11) is -1.27. The van der Waals surface area contributed by atoms with Gasteiger partial charge in [-0.15, -0.1) is 54.1 Å². The van der Waals surface area contributed by atoms with Gasteiger partial charge in [-0.3, -0.25) is 0 Å². The normalized spacial score (nSPS) is 11.1. The molecule has 0 bridgehead atoms. The summed E-state index contributed by atoms with van der Waals surface area (Å²) < 4.78 is 6.50. The Morgan fingerprint density at radius 3 is 2.00 bits per heavy atom. The second-order valence-electron chi connectivity index (χ2n) is 13.0. The van der Waals surface area contributed by atoms with E-state index in [9.17, 15) is 0 Å². The first-order chi connectivity index (χ1) is 23.4. The molecule has 3 heterocycles. The first-order valence-corrected chi connectivity index (χ1v) is 19.7. The van der Waals surface area contributed by atoms with E-state index in [-0.39, 0.29) is 20.1 Å². The molecule has 49 heavy (non-hydrogen) atoms. The summed E-state index contributed by atoms with van der Waals surface area (Å²) in [5.74, 6) is 0. The molecule has 3 aromatic heterocycles. The van der Waals surface area contributed by atoms with E-state index in [1.807, 2.05) is 60.8 Å². The molecule has 0 saturated heterocycles. The van der Waals surface area contributed by atoms with Crippen molar-refractivity contribution in [3.8, 4) is 44.8 Å². The van der Waals surface area contributed by atoms with Crippen LogP contribution in [0.15, 0.2) is 150 Å². The molecule has 0 aliphatic rings. The van der Waals surface area contributed by atoms with Gasteiger partial charge in [-0.1, -0.05) is 127 Å². The maximum absolute atomic E-state index is 6.50. The minimum Gasteiger partial charge on any atom is -0.500 e. The zero-order valence-electron chi connectivity index (χ0n) is 28.0. The van der Waals surface area contributed by atoms with Crippen LogP contribution in [0.4, 0.5) is 0 Å². The van der Waals surface area contributed by atoms with Crippen LogP contribution in [0.5, 0.6) is 0 Å². The molecule has 0 unspecified atom stereocenters. The van der Waals surface area contributed by atoms with Crippen molar-refractivity contribution in [1.82, 2.24) is 9.97 Å². The van der Waals surface area contributed by atoms with Crippen molar-refractivity contribution in [2.24, 2.45) is 0 Å². The molecular formula is C44H36IrN2OSi-2. The van der Waals surface area contributed by atoms with Crippen LogP contribution in [-0.2, 0) is 20.1 Å². The summed E-state index contributed by atoms with van der Waals surface area (Å²) in [6.45, 7) is 9.24. The Morgan fingerprint density at radius 1 is 0.592 bits per heavy atom. The van der Waals surface area contributed by atoms with Crippen LogP contribution in [0, 0.1) is 19.1 Å². The number of pyridine rings is 2. The van der Waals surface area contributed by atoms with Crippen LogP contribution in [-0.4, -0.2) is 18.0 Å². The molecule has 0 N–H and O–H groups in total. The van der Waals surface area contributed by atoms with Crippen LogP contribution in [0.25, 0.3) is 66.7 Å². The van der Waals surface area contributed by atoms with E-state index in [4.69, 9.17) is 4.42 Å². The Hall–Kier alpha value is -4.93. The summed E-state index contributed by atoms with van der Waals surface area (Å²) >= 11 is 0. The molecule has 3 nitrogen and oxygen atoms in total. The van der Waals surface area contributed by atoms with Gasteiger partial charge in [0.1, 0.15) is 5.58 Å². The predicted octanol–water partition coefficient (Wildman–Crippen LogP) is 11.2. The number of hydrogen-bond donors (Lipinski definition) is 0. The minimum absolute atomic E-state index is 0. The van der Waals surface area contributed by atoms with Crippen molar-refractivity contribution in [3.63, 3.8) is 0 Å². The number of para-hydroxylation sites is 1. The van der Waals surface area contributed by atoms with Crippen LogP contribution in [0.3, 0.4) is 0 Å². The summed E-state index contributed by atoms with van der Waals surface area (Å²) in [5.41, 5.74) is 11.4. The zero-order chi connectivity index (χ0) is 33.1. The third-order valence-corrected chi connectivity index (χ3v) is 10.7. The van der Waals surface area contributed by atoms with Crippen molar-refractivity contribution < 1.29 is 24.5 Å². The zero-order valence-corrected chi connectivity index (χ0v) is 31.4. The van der Waals surface area contributed by atoms with E-state index in [1.165, 1.54) is 10.8 Å². The van der Waals surface area contributed by atoms with E-state index in [0.717, 1.165) is 66.7 Å². The number of benzene rings is 5. The Balaban J connectivity index is 0.000000198. The fraction of sp³-hybridized carbons (Fsp3) is 0.0909. The third kappa shape index (κ3) is 7.25. The van der Waals surface area contributed by atoms with E-state index in [0.29, 0.717) is 0 Å². The standard InChI is InChI=1S/C29H18NO.C15H18NSi.Ir/c1-3-9-20(10-4-1)22-17-18-30-27(19-22)26-16-8-15-25-24-14-7-13-23(28(24)31-29(25)26)21-11-5-2-6-12-21;1-12-10-14(13-8-6-5-7-9-13)16-11-15(12)17(2,3)4;/h1-15,17-19H;5-8,10-11H,1-4H3;/q2*-1;. The topological polar surface area (TPSA) is 38.9 Å².